The number of aromatic amines is 1. The minimum Gasteiger partial charge on any atom is -0.376 e. The first kappa shape index (κ1) is 16.0. The first-order valence-corrected chi connectivity index (χ1v) is 7.65. The Hall–Kier alpha value is -1.40. The number of H-pyrrole nitrogens is 1. The summed E-state index contributed by atoms with van der Waals surface area (Å²) in [7, 11) is 0. The number of nitrogens with one attached hydrogen (secondary N) is 2. The number of nitrogens with zero attached hydrogens (tertiary/aromatic N) is 1. The van der Waals surface area contributed by atoms with Crippen LogP contribution in [0.3, 0.4) is 0 Å². The molecule has 2 atom stereocenters. The molecule has 0 radical (unpaired) electrons. The Balaban J connectivity index is 1.75. The molecule has 0 saturated carbocycles. The van der Waals surface area contributed by atoms with E-state index in [9.17, 15) is 4.79 Å². The van der Waals surface area contributed by atoms with Crippen molar-refractivity contribution in [2.45, 2.75) is 58.2 Å². The highest BCUT2D eigenvalue weighted by molar-refractivity contribution is 5.93. The summed E-state index contributed by atoms with van der Waals surface area (Å²) in [6.07, 6.45) is 2.89. The largest absolute Gasteiger partial charge is 0.376 e. The SMILES string of the molecule is CC(C)c1cc(NC(=O)[C@H](C)OC[C@@H]2CCCCO2)n[nH]1. The second kappa shape index (κ2) is 7.56. The van der Waals surface area contributed by atoms with Crippen LogP contribution < -0.4 is 5.32 Å². The van der Waals surface area contributed by atoms with Crippen LogP contribution in [0.25, 0.3) is 0 Å². The normalized spacial score (nSPS) is 20.5. The monoisotopic (exact) mass is 295 g/mol. The van der Waals surface area contributed by atoms with Crippen molar-refractivity contribution < 1.29 is 14.3 Å². The van der Waals surface area contributed by atoms with Crippen LogP contribution in [0.15, 0.2) is 6.07 Å². The molecule has 0 bridgehead atoms. The number of carbonyl (C=O) groups excluding carboxylic acids is 1. The molecular weight excluding hydrogens is 270 g/mol. The average Bonchev–Trinajstić information content (AvgIpc) is 2.94. The number of aromatic nitrogens is 2. The van der Waals surface area contributed by atoms with Crippen molar-refractivity contribution in [3.63, 3.8) is 0 Å². The summed E-state index contributed by atoms with van der Waals surface area (Å²) >= 11 is 0. The molecule has 1 saturated heterocycles. The van der Waals surface area contributed by atoms with Gasteiger partial charge in [-0.1, -0.05) is 13.8 Å². The molecule has 0 aliphatic carbocycles. The van der Waals surface area contributed by atoms with Crippen LogP contribution >= 0.6 is 0 Å². The molecule has 1 aromatic rings. The van der Waals surface area contributed by atoms with E-state index in [1.54, 1.807) is 6.92 Å². The van der Waals surface area contributed by atoms with E-state index in [0.29, 0.717) is 18.3 Å². The van der Waals surface area contributed by atoms with Crippen LogP contribution in [0.5, 0.6) is 0 Å². The van der Waals surface area contributed by atoms with Crippen molar-refractivity contribution in [2.75, 3.05) is 18.5 Å². The van der Waals surface area contributed by atoms with E-state index in [-0.39, 0.29) is 12.0 Å². The van der Waals surface area contributed by atoms with Crippen LogP contribution in [0.1, 0.15) is 51.6 Å². The molecule has 1 fully saturated rings. The highest BCUT2D eigenvalue weighted by Crippen LogP contribution is 2.16. The van der Waals surface area contributed by atoms with Gasteiger partial charge < -0.3 is 14.8 Å². The van der Waals surface area contributed by atoms with E-state index in [0.717, 1.165) is 25.1 Å². The number of carbonyl (C=O) groups is 1. The van der Waals surface area contributed by atoms with Gasteiger partial charge in [0.05, 0.1) is 12.7 Å². The van der Waals surface area contributed by atoms with E-state index in [1.165, 1.54) is 6.42 Å². The zero-order chi connectivity index (χ0) is 15.2. The first-order valence-electron chi connectivity index (χ1n) is 7.65. The lowest BCUT2D eigenvalue weighted by Crippen LogP contribution is -2.32. The Morgan fingerprint density at radius 1 is 1.52 bits per heavy atom. The van der Waals surface area contributed by atoms with Crippen molar-refractivity contribution in [1.82, 2.24) is 10.2 Å². The molecule has 1 aliphatic rings. The standard InChI is InChI=1S/C15H25N3O3/c1-10(2)13-8-14(18-17-13)16-15(19)11(3)21-9-12-6-4-5-7-20-12/h8,10-12H,4-7,9H2,1-3H3,(H2,16,17,18,19)/t11-,12-/m0/s1. The molecule has 0 aromatic carbocycles. The maximum Gasteiger partial charge on any atom is 0.254 e. The summed E-state index contributed by atoms with van der Waals surface area (Å²) in [5.41, 5.74) is 0.995. The fraction of sp³-hybridized carbons (Fsp3) is 0.733. The van der Waals surface area contributed by atoms with Gasteiger partial charge in [0, 0.05) is 18.4 Å². The lowest BCUT2D eigenvalue weighted by molar-refractivity contribution is -0.130. The molecule has 2 rings (SSSR count). The van der Waals surface area contributed by atoms with Gasteiger partial charge in [-0.15, -0.1) is 0 Å². The molecule has 6 heteroatoms. The molecule has 2 heterocycles. The summed E-state index contributed by atoms with van der Waals surface area (Å²) < 4.78 is 11.2. The second-order valence-corrected chi connectivity index (χ2v) is 5.82. The van der Waals surface area contributed by atoms with Gasteiger partial charge >= 0.3 is 0 Å². The van der Waals surface area contributed by atoms with Crippen molar-refractivity contribution in [1.29, 1.82) is 0 Å². The smallest absolute Gasteiger partial charge is 0.254 e. The van der Waals surface area contributed by atoms with E-state index in [1.807, 2.05) is 6.07 Å². The molecule has 0 unspecified atom stereocenters. The Morgan fingerprint density at radius 3 is 2.95 bits per heavy atom. The van der Waals surface area contributed by atoms with Gasteiger partial charge in [-0.2, -0.15) is 5.10 Å². The van der Waals surface area contributed by atoms with E-state index >= 15 is 0 Å². The number of hydrogen-bond donors (Lipinski definition) is 2. The minimum atomic E-state index is -0.519. The summed E-state index contributed by atoms with van der Waals surface area (Å²) in [4.78, 5) is 12.0. The van der Waals surface area contributed by atoms with Crippen molar-refractivity contribution >= 4 is 11.7 Å². The number of anilines is 1. The Kier molecular flexibility index (Phi) is 5.76. The average molecular weight is 295 g/mol. The molecule has 118 valence electrons. The number of hydrogen-bond acceptors (Lipinski definition) is 4. The van der Waals surface area contributed by atoms with Gasteiger partial charge in [-0.3, -0.25) is 9.89 Å². The number of amides is 1. The zero-order valence-corrected chi connectivity index (χ0v) is 13.0. The summed E-state index contributed by atoms with van der Waals surface area (Å²) in [5.74, 6) is 0.695. The Labute approximate surface area is 125 Å². The third-order valence-electron chi connectivity index (χ3n) is 3.65. The van der Waals surface area contributed by atoms with Crippen molar-refractivity contribution in [2.24, 2.45) is 0 Å². The van der Waals surface area contributed by atoms with Gasteiger partial charge in [-0.05, 0) is 32.1 Å². The molecule has 0 spiro atoms. The lowest BCUT2D eigenvalue weighted by Gasteiger charge is -2.23. The number of rotatable bonds is 6. The number of ether oxygens (including phenoxy) is 2. The molecular formula is C15H25N3O3. The molecule has 6 nitrogen and oxygen atoms in total. The lowest BCUT2D eigenvalue weighted by atomic mass is 10.1. The topological polar surface area (TPSA) is 76.2 Å². The van der Waals surface area contributed by atoms with Gasteiger partial charge in [-0.25, -0.2) is 0 Å². The van der Waals surface area contributed by atoms with Crippen LogP contribution in [0.4, 0.5) is 5.82 Å². The molecule has 1 amide bonds. The zero-order valence-electron chi connectivity index (χ0n) is 13.0. The van der Waals surface area contributed by atoms with Crippen LogP contribution in [-0.2, 0) is 14.3 Å². The predicted molar refractivity (Wildman–Crippen MR) is 80.3 cm³/mol. The van der Waals surface area contributed by atoms with Gasteiger partial charge in [0.15, 0.2) is 5.82 Å². The van der Waals surface area contributed by atoms with E-state index in [2.05, 4.69) is 29.4 Å². The first-order chi connectivity index (χ1) is 10.1. The highest BCUT2D eigenvalue weighted by Gasteiger charge is 2.19. The molecule has 21 heavy (non-hydrogen) atoms. The maximum atomic E-state index is 12.0. The minimum absolute atomic E-state index is 0.118. The summed E-state index contributed by atoms with van der Waals surface area (Å²) in [5, 5.41) is 9.74. The van der Waals surface area contributed by atoms with Crippen LogP contribution in [0, 0.1) is 0 Å². The second-order valence-electron chi connectivity index (χ2n) is 5.82. The van der Waals surface area contributed by atoms with E-state index in [4.69, 9.17) is 9.47 Å². The van der Waals surface area contributed by atoms with Crippen LogP contribution in [0.2, 0.25) is 0 Å². The quantitative estimate of drug-likeness (QED) is 0.845. The summed E-state index contributed by atoms with van der Waals surface area (Å²) in [6.45, 7) is 7.13. The maximum absolute atomic E-state index is 12.0. The van der Waals surface area contributed by atoms with Gasteiger partial charge in [0.2, 0.25) is 0 Å². The molecule has 2 N–H and O–H groups in total. The van der Waals surface area contributed by atoms with E-state index < -0.39 is 6.10 Å². The molecule has 1 aromatic heterocycles. The van der Waals surface area contributed by atoms with Crippen LogP contribution in [-0.4, -0.2) is 41.5 Å². The van der Waals surface area contributed by atoms with Crippen molar-refractivity contribution in [3.05, 3.63) is 11.8 Å². The highest BCUT2D eigenvalue weighted by atomic mass is 16.5. The van der Waals surface area contributed by atoms with Gasteiger partial charge in [0.25, 0.3) is 5.91 Å². The Bertz CT molecular complexity index is 453. The third-order valence-corrected chi connectivity index (χ3v) is 3.65. The predicted octanol–water partition coefficient (Wildman–Crippen LogP) is 2.45. The van der Waals surface area contributed by atoms with Gasteiger partial charge in [0.1, 0.15) is 6.10 Å². The van der Waals surface area contributed by atoms with Crippen molar-refractivity contribution in [3.8, 4) is 0 Å². The third kappa shape index (κ3) is 4.82. The summed E-state index contributed by atoms with van der Waals surface area (Å²) in [6, 6.07) is 1.85. The fourth-order valence-corrected chi connectivity index (χ4v) is 2.19. The molecule has 1 aliphatic heterocycles. The fourth-order valence-electron chi connectivity index (χ4n) is 2.19. The Morgan fingerprint density at radius 2 is 2.33 bits per heavy atom.